The molecule has 0 aliphatic carbocycles. The lowest BCUT2D eigenvalue weighted by molar-refractivity contribution is -0.131. The number of hydrogen-bond donors (Lipinski definition) is 0. The molecule has 138 valence electrons. The Bertz CT molecular complexity index is 971. The van der Waals surface area contributed by atoms with Gasteiger partial charge in [-0.25, -0.2) is 4.68 Å². The van der Waals surface area contributed by atoms with Crippen LogP contribution in [0.5, 0.6) is 5.75 Å². The molecule has 0 amide bonds. The van der Waals surface area contributed by atoms with E-state index in [4.69, 9.17) is 14.0 Å². The van der Waals surface area contributed by atoms with Crippen molar-refractivity contribution < 1.29 is 18.8 Å². The van der Waals surface area contributed by atoms with E-state index in [0.717, 1.165) is 22.1 Å². The highest BCUT2D eigenvalue weighted by Gasteiger charge is 2.33. The first-order valence-corrected chi connectivity index (χ1v) is 8.91. The maximum absolute atomic E-state index is 11.1. The predicted octanol–water partition coefficient (Wildman–Crippen LogP) is 2.72. The molecule has 0 radical (unpaired) electrons. The zero-order valence-corrected chi connectivity index (χ0v) is 15.6. The summed E-state index contributed by atoms with van der Waals surface area (Å²) >= 11 is 0. The molecule has 3 aromatic rings. The summed E-state index contributed by atoms with van der Waals surface area (Å²) in [5, 5.41) is 5.48. The molecule has 0 N–H and O–H groups in total. The number of ether oxygens (including phenoxy) is 1. The summed E-state index contributed by atoms with van der Waals surface area (Å²) in [6.45, 7) is 6.99. The number of benzene rings is 2. The number of hydrogen-bond acceptors (Lipinski definition) is 5. The molecular formula is C20H21BN2O4. The molecule has 2 heterocycles. The van der Waals surface area contributed by atoms with Crippen LogP contribution < -0.4 is 10.2 Å². The maximum Gasteiger partial charge on any atom is 0.493 e. The quantitative estimate of drug-likeness (QED) is 0.406. The van der Waals surface area contributed by atoms with Gasteiger partial charge in [0, 0.05) is 37.1 Å². The van der Waals surface area contributed by atoms with Gasteiger partial charge in [-0.1, -0.05) is 26.0 Å². The summed E-state index contributed by atoms with van der Waals surface area (Å²) in [6, 6.07) is 13.3. The van der Waals surface area contributed by atoms with E-state index in [0.29, 0.717) is 19.0 Å². The summed E-state index contributed by atoms with van der Waals surface area (Å²) in [4.78, 5) is 11.1. The highest BCUT2D eigenvalue weighted by molar-refractivity contribution is 6.61. The second-order valence-corrected chi connectivity index (χ2v) is 7.60. The lowest BCUT2D eigenvalue weighted by atomic mass is 9.76. The average Bonchev–Trinajstić information content (AvgIpc) is 3.05. The van der Waals surface area contributed by atoms with Crippen LogP contribution in [0.3, 0.4) is 0 Å². The largest absolute Gasteiger partial charge is 0.493 e. The minimum absolute atomic E-state index is 0.0521. The molecule has 2 aromatic carbocycles. The van der Waals surface area contributed by atoms with Crippen molar-refractivity contribution in [3.8, 4) is 11.4 Å². The van der Waals surface area contributed by atoms with Crippen molar-refractivity contribution in [3.63, 3.8) is 0 Å². The Hall–Kier alpha value is -2.64. The van der Waals surface area contributed by atoms with Gasteiger partial charge in [-0.3, -0.25) is 4.79 Å². The smallest absolute Gasteiger partial charge is 0.427 e. The Kier molecular flexibility index (Phi) is 4.49. The van der Waals surface area contributed by atoms with Gasteiger partial charge in [-0.15, -0.1) is 0 Å². The van der Waals surface area contributed by atoms with Gasteiger partial charge in [0.15, 0.2) is 0 Å². The molecule has 27 heavy (non-hydrogen) atoms. The van der Waals surface area contributed by atoms with E-state index in [-0.39, 0.29) is 18.5 Å². The van der Waals surface area contributed by atoms with Gasteiger partial charge in [0.25, 0.3) is 0 Å². The van der Waals surface area contributed by atoms with Crippen LogP contribution >= 0.6 is 0 Å². The SMILES string of the molecule is CC(=O)Oc1ccc2nn(-c3ccc(B4OCC(C)(C)CO4)cc3)cc2c1. The first-order chi connectivity index (χ1) is 12.9. The summed E-state index contributed by atoms with van der Waals surface area (Å²) < 4.78 is 18.6. The van der Waals surface area contributed by atoms with Crippen molar-refractivity contribution in [3.05, 3.63) is 48.7 Å². The number of carbonyl (C=O) groups is 1. The molecule has 0 atom stereocenters. The van der Waals surface area contributed by atoms with E-state index in [1.54, 1.807) is 16.8 Å². The molecule has 0 spiro atoms. The third-order valence-electron chi connectivity index (χ3n) is 4.42. The van der Waals surface area contributed by atoms with Crippen molar-refractivity contribution in [2.75, 3.05) is 13.2 Å². The molecule has 4 rings (SSSR count). The standard InChI is InChI=1S/C20H21BN2O4/c1-14(24)27-18-8-9-19-15(10-18)11-23(22-19)17-6-4-16(5-7-17)21-25-12-20(2,3)13-26-21/h4-11H,12-13H2,1-3H3. The van der Waals surface area contributed by atoms with Gasteiger partial charge in [0.2, 0.25) is 0 Å². The molecule has 7 heteroatoms. The van der Waals surface area contributed by atoms with Crippen molar-refractivity contribution in [2.45, 2.75) is 20.8 Å². The third kappa shape index (κ3) is 3.89. The van der Waals surface area contributed by atoms with E-state index in [2.05, 4.69) is 18.9 Å². The van der Waals surface area contributed by atoms with Gasteiger partial charge in [0.05, 0.1) is 11.2 Å². The Morgan fingerprint density at radius 1 is 1.15 bits per heavy atom. The topological polar surface area (TPSA) is 62.6 Å². The molecule has 6 nitrogen and oxygen atoms in total. The summed E-state index contributed by atoms with van der Waals surface area (Å²) in [5.74, 6) is 0.173. The van der Waals surface area contributed by atoms with E-state index < -0.39 is 0 Å². The second-order valence-electron chi connectivity index (χ2n) is 7.60. The monoisotopic (exact) mass is 364 g/mol. The molecular weight excluding hydrogens is 343 g/mol. The Morgan fingerprint density at radius 2 is 1.85 bits per heavy atom. The second kappa shape index (κ2) is 6.83. The highest BCUT2D eigenvalue weighted by atomic mass is 16.6. The minimum atomic E-state index is -0.340. The molecule has 1 aliphatic rings. The van der Waals surface area contributed by atoms with Crippen LogP contribution in [0.25, 0.3) is 16.6 Å². The third-order valence-corrected chi connectivity index (χ3v) is 4.42. The van der Waals surface area contributed by atoms with Crippen LogP contribution in [0.15, 0.2) is 48.7 Å². The van der Waals surface area contributed by atoms with Crippen LogP contribution in [0, 0.1) is 5.41 Å². The van der Waals surface area contributed by atoms with Crippen LogP contribution in [0.4, 0.5) is 0 Å². The fraction of sp³-hybridized carbons (Fsp3) is 0.300. The molecule has 0 bridgehead atoms. The summed E-state index contributed by atoms with van der Waals surface area (Å²) in [7, 11) is -0.324. The molecule has 0 saturated carbocycles. The van der Waals surface area contributed by atoms with Crippen LogP contribution in [0.2, 0.25) is 0 Å². The van der Waals surface area contributed by atoms with Gasteiger partial charge >= 0.3 is 13.1 Å². The average molecular weight is 364 g/mol. The van der Waals surface area contributed by atoms with E-state index in [1.807, 2.05) is 36.5 Å². The molecule has 1 saturated heterocycles. The first-order valence-electron chi connectivity index (χ1n) is 8.91. The number of aromatic nitrogens is 2. The number of carbonyl (C=O) groups excluding carboxylic acids is 1. The fourth-order valence-electron chi connectivity index (χ4n) is 3.03. The molecule has 1 aromatic heterocycles. The van der Waals surface area contributed by atoms with Gasteiger partial charge < -0.3 is 14.0 Å². The maximum atomic E-state index is 11.1. The zero-order chi connectivity index (χ0) is 19.0. The normalized spacial score (nSPS) is 16.5. The number of fused-ring (bicyclic) bond motifs is 1. The van der Waals surface area contributed by atoms with Crippen molar-refractivity contribution >= 4 is 29.5 Å². The Morgan fingerprint density at radius 3 is 2.52 bits per heavy atom. The van der Waals surface area contributed by atoms with Crippen molar-refractivity contribution in [2.24, 2.45) is 5.41 Å². The van der Waals surface area contributed by atoms with Gasteiger partial charge in [-0.2, -0.15) is 5.10 Å². The first kappa shape index (κ1) is 17.8. The number of esters is 1. The van der Waals surface area contributed by atoms with Crippen LogP contribution in [-0.2, 0) is 14.1 Å². The van der Waals surface area contributed by atoms with E-state index in [9.17, 15) is 4.79 Å². The van der Waals surface area contributed by atoms with Crippen LogP contribution in [-0.4, -0.2) is 36.1 Å². The Labute approximate surface area is 158 Å². The Balaban J connectivity index is 1.54. The fourth-order valence-corrected chi connectivity index (χ4v) is 3.03. The van der Waals surface area contributed by atoms with Gasteiger partial charge in [0.1, 0.15) is 5.75 Å². The van der Waals surface area contributed by atoms with Gasteiger partial charge in [-0.05, 0) is 35.8 Å². The number of nitrogens with zero attached hydrogens (tertiary/aromatic N) is 2. The van der Waals surface area contributed by atoms with Crippen molar-refractivity contribution in [1.82, 2.24) is 9.78 Å². The van der Waals surface area contributed by atoms with Crippen LogP contribution in [0.1, 0.15) is 20.8 Å². The van der Waals surface area contributed by atoms with E-state index in [1.165, 1.54) is 6.92 Å². The lowest BCUT2D eigenvalue weighted by Gasteiger charge is -2.33. The molecule has 1 aliphatic heterocycles. The lowest BCUT2D eigenvalue weighted by Crippen LogP contribution is -2.47. The zero-order valence-electron chi connectivity index (χ0n) is 15.6. The predicted molar refractivity (Wildman–Crippen MR) is 103 cm³/mol. The summed E-state index contributed by atoms with van der Waals surface area (Å²) in [6.07, 6.45) is 1.91. The minimum Gasteiger partial charge on any atom is -0.427 e. The van der Waals surface area contributed by atoms with Crippen molar-refractivity contribution in [1.29, 1.82) is 0 Å². The number of rotatable bonds is 3. The summed E-state index contributed by atoms with van der Waals surface area (Å²) in [5.41, 5.74) is 2.80. The molecule has 0 unspecified atom stereocenters. The van der Waals surface area contributed by atoms with E-state index >= 15 is 0 Å². The molecule has 1 fully saturated rings. The highest BCUT2D eigenvalue weighted by Crippen LogP contribution is 2.23.